The highest BCUT2D eigenvalue weighted by atomic mass is 127. The molecule has 7 heteroatoms. The van der Waals surface area contributed by atoms with E-state index in [0.29, 0.717) is 12.1 Å². The van der Waals surface area contributed by atoms with Gasteiger partial charge in [-0.3, -0.25) is 9.79 Å². The van der Waals surface area contributed by atoms with Crippen LogP contribution in [0.15, 0.2) is 53.5 Å². The molecule has 0 saturated heterocycles. The average molecular weight is 510 g/mol. The summed E-state index contributed by atoms with van der Waals surface area (Å²) in [6.45, 7) is 1.47. The van der Waals surface area contributed by atoms with E-state index < -0.39 is 0 Å². The Morgan fingerprint density at radius 2 is 1.79 bits per heavy atom. The molecule has 6 nitrogen and oxygen atoms in total. The topological polar surface area (TPSA) is 66.0 Å². The number of hydrogen-bond acceptors (Lipinski definition) is 3. The molecular weight excluding hydrogens is 479 g/mol. The van der Waals surface area contributed by atoms with Crippen LogP contribution in [0.5, 0.6) is 5.75 Å². The fourth-order valence-corrected chi connectivity index (χ4v) is 2.76. The summed E-state index contributed by atoms with van der Waals surface area (Å²) in [7, 11) is 6.95. The van der Waals surface area contributed by atoms with Gasteiger partial charge in [0.05, 0.1) is 7.11 Å². The van der Waals surface area contributed by atoms with Crippen molar-refractivity contribution in [3.8, 4) is 5.75 Å². The molecule has 0 aliphatic heterocycles. The molecule has 2 N–H and O–H groups in total. The summed E-state index contributed by atoms with van der Waals surface area (Å²) < 4.78 is 5.26. The van der Waals surface area contributed by atoms with Crippen LogP contribution in [0.4, 0.5) is 0 Å². The molecular formula is C22H31IN4O2. The second-order valence-corrected chi connectivity index (χ2v) is 6.70. The predicted octanol–water partition coefficient (Wildman–Crippen LogP) is 3.31. The number of benzene rings is 2. The van der Waals surface area contributed by atoms with Gasteiger partial charge in [-0.25, -0.2) is 0 Å². The summed E-state index contributed by atoms with van der Waals surface area (Å²) in [5.41, 5.74) is 3.04. The zero-order valence-electron chi connectivity index (χ0n) is 17.6. The number of halogens is 1. The summed E-state index contributed by atoms with van der Waals surface area (Å²) in [5.74, 6) is 1.66. The van der Waals surface area contributed by atoms with Gasteiger partial charge < -0.3 is 20.3 Å². The van der Waals surface area contributed by atoms with Gasteiger partial charge in [0.15, 0.2) is 5.96 Å². The van der Waals surface area contributed by atoms with E-state index in [2.05, 4.69) is 27.8 Å². The first kappa shape index (κ1) is 24.7. The van der Waals surface area contributed by atoms with Gasteiger partial charge in [-0.2, -0.15) is 0 Å². The van der Waals surface area contributed by atoms with E-state index >= 15 is 0 Å². The lowest BCUT2D eigenvalue weighted by Crippen LogP contribution is -2.37. The number of carbonyl (C=O) groups is 1. The van der Waals surface area contributed by atoms with E-state index in [9.17, 15) is 4.79 Å². The number of carbonyl (C=O) groups excluding carboxylic acids is 1. The van der Waals surface area contributed by atoms with Gasteiger partial charge >= 0.3 is 0 Å². The van der Waals surface area contributed by atoms with Crippen molar-refractivity contribution in [1.82, 2.24) is 15.5 Å². The molecule has 0 atom stereocenters. The van der Waals surface area contributed by atoms with E-state index in [-0.39, 0.29) is 29.9 Å². The monoisotopic (exact) mass is 510 g/mol. The van der Waals surface area contributed by atoms with Crippen LogP contribution in [0.1, 0.15) is 27.9 Å². The highest BCUT2D eigenvalue weighted by molar-refractivity contribution is 14.0. The molecule has 0 aliphatic carbocycles. The fraction of sp³-hybridized carbons (Fsp3) is 0.364. The Balaban J connectivity index is 0.00000420. The number of rotatable bonds is 8. The van der Waals surface area contributed by atoms with Crippen molar-refractivity contribution >= 4 is 35.8 Å². The van der Waals surface area contributed by atoms with E-state index in [1.807, 2.05) is 36.4 Å². The van der Waals surface area contributed by atoms with Crippen molar-refractivity contribution in [2.75, 3.05) is 34.8 Å². The zero-order valence-corrected chi connectivity index (χ0v) is 19.9. The lowest BCUT2D eigenvalue weighted by Gasteiger charge is -2.13. The summed E-state index contributed by atoms with van der Waals surface area (Å²) in [6, 6.07) is 15.8. The van der Waals surface area contributed by atoms with Crippen LogP contribution in [0, 0.1) is 0 Å². The molecule has 0 unspecified atom stereocenters. The number of nitrogens with one attached hydrogen (secondary N) is 2. The summed E-state index contributed by atoms with van der Waals surface area (Å²) in [5, 5.41) is 6.63. The molecule has 2 aromatic carbocycles. The van der Waals surface area contributed by atoms with E-state index in [1.54, 1.807) is 33.2 Å². The molecule has 0 aliphatic rings. The first-order chi connectivity index (χ1) is 13.5. The summed E-state index contributed by atoms with van der Waals surface area (Å²) in [6.07, 6.45) is 1.97. The van der Waals surface area contributed by atoms with Gasteiger partial charge in [0, 0.05) is 39.8 Å². The van der Waals surface area contributed by atoms with Crippen LogP contribution in [0.25, 0.3) is 0 Å². The Kier molecular flexibility index (Phi) is 11.1. The molecule has 29 heavy (non-hydrogen) atoms. The molecule has 1 amide bonds. The van der Waals surface area contributed by atoms with Gasteiger partial charge in [0.25, 0.3) is 5.91 Å². The smallest absolute Gasteiger partial charge is 0.253 e. The SMILES string of the molecule is CN=C(NCCCc1cccc(OC)c1)NCc1ccc(C(=O)N(C)C)cc1.I. The van der Waals surface area contributed by atoms with Crippen molar-refractivity contribution in [2.24, 2.45) is 4.99 Å². The van der Waals surface area contributed by atoms with Gasteiger partial charge in [0.1, 0.15) is 5.75 Å². The maximum Gasteiger partial charge on any atom is 0.253 e. The molecule has 0 saturated carbocycles. The standard InChI is InChI=1S/C22H30N4O2.HI/c1-23-22(24-14-6-8-17-7-5-9-20(15-17)28-4)25-16-18-10-12-19(13-11-18)21(27)26(2)3;/h5,7,9-13,15H,6,8,14,16H2,1-4H3,(H2,23,24,25);1H. The number of hydrogen-bond donors (Lipinski definition) is 2. The number of ether oxygens (including phenoxy) is 1. The molecule has 2 aromatic rings. The number of aliphatic imine (C=N–C) groups is 1. The maximum absolute atomic E-state index is 11.9. The summed E-state index contributed by atoms with van der Waals surface area (Å²) >= 11 is 0. The van der Waals surface area contributed by atoms with E-state index in [1.165, 1.54) is 5.56 Å². The van der Waals surface area contributed by atoms with Crippen LogP contribution in [-0.4, -0.2) is 51.6 Å². The van der Waals surface area contributed by atoms with Gasteiger partial charge in [-0.15, -0.1) is 24.0 Å². The third-order valence-corrected chi connectivity index (χ3v) is 4.36. The van der Waals surface area contributed by atoms with Crippen LogP contribution < -0.4 is 15.4 Å². The molecule has 0 spiro atoms. The number of aryl methyl sites for hydroxylation is 1. The van der Waals surface area contributed by atoms with Crippen LogP contribution in [-0.2, 0) is 13.0 Å². The van der Waals surface area contributed by atoms with Crippen molar-refractivity contribution in [1.29, 1.82) is 0 Å². The largest absolute Gasteiger partial charge is 0.497 e. The minimum atomic E-state index is 0. The Morgan fingerprint density at radius 1 is 1.07 bits per heavy atom. The number of methoxy groups -OCH3 is 1. The Hall–Kier alpha value is -2.29. The first-order valence-corrected chi connectivity index (χ1v) is 9.41. The number of nitrogens with zero attached hydrogens (tertiary/aromatic N) is 2. The Bertz CT molecular complexity index is 792. The lowest BCUT2D eigenvalue weighted by molar-refractivity contribution is 0.0827. The van der Waals surface area contributed by atoms with E-state index in [0.717, 1.165) is 36.7 Å². The molecule has 0 heterocycles. The fourth-order valence-electron chi connectivity index (χ4n) is 2.76. The van der Waals surface area contributed by atoms with Crippen LogP contribution in [0.2, 0.25) is 0 Å². The number of amides is 1. The first-order valence-electron chi connectivity index (χ1n) is 9.41. The van der Waals surface area contributed by atoms with Crippen LogP contribution in [0.3, 0.4) is 0 Å². The third kappa shape index (κ3) is 8.31. The molecule has 0 aromatic heterocycles. The lowest BCUT2D eigenvalue weighted by atomic mass is 10.1. The average Bonchev–Trinajstić information content (AvgIpc) is 2.73. The number of guanidine groups is 1. The second kappa shape index (κ2) is 13.0. The Morgan fingerprint density at radius 3 is 2.41 bits per heavy atom. The van der Waals surface area contributed by atoms with Gasteiger partial charge in [0.2, 0.25) is 0 Å². The minimum Gasteiger partial charge on any atom is -0.497 e. The summed E-state index contributed by atoms with van der Waals surface area (Å²) in [4.78, 5) is 17.8. The van der Waals surface area contributed by atoms with Gasteiger partial charge in [-0.05, 0) is 48.2 Å². The molecule has 0 fully saturated rings. The van der Waals surface area contributed by atoms with Gasteiger partial charge in [-0.1, -0.05) is 24.3 Å². The van der Waals surface area contributed by atoms with Crippen molar-refractivity contribution < 1.29 is 9.53 Å². The molecule has 158 valence electrons. The molecule has 0 bridgehead atoms. The molecule has 2 rings (SSSR count). The Labute approximate surface area is 190 Å². The predicted molar refractivity (Wildman–Crippen MR) is 129 cm³/mol. The van der Waals surface area contributed by atoms with Crippen molar-refractivity contribution in [3.05, 3.63) is 65.2 Å². The normalized spacial score (nSPS) is 10.7. The zero-order chi connectivity index (χ0) is 20.4. The minimum absolute atomic E-state index is 0. The van der Waals surface area contributed by atoms with Crippen molar-refractivity contribution in [3.63, 3.8) is 0 Å². The van der Waals surface area contributed by atoms with E-state index in [4.69, 9.17) is 4.74 Å². The second-order valence-electron chi connectivity index (χ2n) is 6.70. The molecule has 0 radical (unpaired) electrons. The highest BCUT2D eigenvalue weighted by Gasteiger charge is 2.07. The quantitative estimate of drug-likeness (QED) is 0.248. The van der Waals surface area contributed by atoms with Crippen LogP contribution >= 0.6 is 24.0 Å². The highest BCUT2D eigenvalue weighted by Crippen LogP contribution is 2.13. The maximum atomic E-state index is 11.9. The third-order valence-electron chi connectivity index (χ3n) is 4.36. The van der Waals surface area contributed by atoms with Crippen molar-refractivity contribution in [2.45, 2.75) is 19.4 Å².